The standard InChI is InChI=1S/C23H39N/c1-5-6-7-8-9-10-11-12-13-17-20-24(4)23(21(2)3)22-18-15-14-16-19-22/h14-16,18-19,23H,2,5-13,17,20H2,1,3-4H3. The van der Waals surface area contributed by atoms with E-state index in [2.05, 4.69) is 62.7 Å². The Hall–Kier alpha value is -1.08. The minimum Gasteiger partial charge on any atom is -0.296 e. The fourth-order valence-corrected chi connectivity index (χ4v) is 3.53. The van der Waals surface area contributed by atoms with E-state index in [9.17, 15) is 0 Å². The van der Waals surface area contributed by atoms with E-state index in [1.165, 1.54) is 75.3 Å². The van der Waals surface area contributed by atoms with Crippen molar-refractivity contribution in [3.8, 4) is 0 Å². The van der Waals surface area contributed by atoms with Crippen LogP contribution in [0.1, 0.15) is 89.7 Å². The van der Waals surface area contributed by atoms with Gasteiger partial charge in [0.15, 0.2) is 0 Å². The van der Waals surface area contributed by atoms with Crippen molar-refractivity contribution in [3.05, 3.63) is 48.0 Å². The first-order chi connectivity index (χ1) is 11.7. The minimum absolute atomic E-state index is 0.352. The van der Waals surface area contributed by atoms with E-state index in [1.807, 2.05) is 0 Å². The number of nitrogens with zero attached hydrogens (tertiary/aromatic N) is 1. The van der Waals surface area contributed by atoms with Gasteiger partial charge in [0.1, 0.15) is 0 Å². The summed E-state index contributed by atoms with van der Waals surface area (Å²) in [4.78, 5) is 2.46. The molecule has 0 aliphatic rings. The molecule has 0 aliphatic carbocycles. The Morgan fingerprint density at radius 2 is 1.38 bits per heavy atom. The summed E-state index contributed by atoms with van der Waals surface area (Å²) >= 11 is 0. The molecule has 1 heteroatoms. The van der Waals surface area contributed by atoms with Gasteiger partial charge in [0.05, 0.1) is 6.04 Å². The molecule has 0 bridgehead atoms. The van der Waals surface area contributed by atoms with E-state index in [0.29, 0.717) is 6.04 Å². The summed E-state index contributed by atoms with van der Waals surface area (Å²) in [5.74, 6) is 0. The van der Waals surface area contributed by atoms with Crippen LogP contribution < -0.4 is 0 Å². The summed E-state index contributed by atoms with van der Waals surface area (Å²) in [6.07, 6.45) is 14.0. The van der Waals surface area contributed by atoms with E-state index >= 15 is 0 Å². The van der Waals surface area contributed by atoms with E-state index in [-0.39, 0.29) is 0 Å². The van der Waals surface area contributed by atoms with Gasteiger partial charge in [-0.05, 0) is 32.5 Å². The number of likely N-dealkylation sites (N-methyl/N-ethyl adjacent to an activating group) is 1. The Kier molecular flexibility index (Phi) is 11.6. The molecular formula is C23H39N. The Morgan fingerprint density at radius 1 is 0.875 bits per heavy atom. The van der Waals surface area contributed by atoms with Crippen molar-refractivity contribution in [1.82, 2.24) is 4.90 Å². The Morgan fingerprint density at radius 3 is 1.88 bits per heavy atom. The van der Waals surface area contributed by atoms with Crippen LogP contribution in [0.3, 0.4) is 0 Å². The Labute approximate surface area is 151 Å². The maximum Gasteiger partial charge on any atom is 0.0553 e. The van der Waals surface area contributed by atoms with Gasteiger partial charge in [-0.15, -0.1) is 0 Å². The number of benzene rings is 1. The molecule has 0 saturated heterocycles. The monoisotopic (exact) mass is 329 g/mol. The Bertz CT molecular complexity index is 423. The summed E-state index contributed by atoms with van der Waals surface area (Å²) in [5.41, 5.74) is 2.59. The Balaban J connectivity index is 2.16. The summed E-state index contributed by atoms with van der Waals surface area (Å²) in [5, 5.41) is 0. The molecule has 1 nitrogen and oxygen atoms in total. The molecule has 0 amide bonds. The molecule has 0 aliphatic heterocycles. The third kappa shape index (κ3) is 8.68. The van der Waals surface area contributed by atoms with Gasteiger partial charge in [-0.25, -0.2) is 0 Å². The van der Waals surface area contributed by atoms with Crippen LogP contribution in [0.4, 0.5) is 0 Å². The average Bonchev–Trinajstić information content (AvgIpc) is 2.57. The summed E-state index contributed by atoms with van der Waals surface area (Å²) in [6, 6.07) is 11.1. The first kappa shape index (κ1) is 21.0. The van der Waals surface area contributed by atoms with Crippen molar-refractivity contribution in [1.29, 1.82) is 0 Å². The lowest BCUT2D eigenvalue weighted by atomic mass is 9.99. The van der Waals surface area contributed by atoms with E-state index in [4.69, 9.17) is 0 Å². The maximum atomic E-state index is 4.21. The minimum atomic E-state index is 0.352. The maximum absolute atomic E-state index is 4.21. The molecule has 1 aromatic rings. The van der Waals surface area contributed by atoms with Crippen LogP contribution in [-0.4, -0.2) is 18.5 Å². The van der Waals surface area contributed by atoms with E-state index in [1.54, 1.807) is 0 Å². The van der Waals surface area contributed by atoms with Crippen molar-refractivity contribution in [2.24, 2.45) is 0 Å². The molecule has 0 radical (unpaired) electrons. The third-order valence-electron chi connectivity index (χ3n) is 4.89. The van der Waals surface area contributed by atoms with Gasteiger partial charge in [-0.1, -0.05) is 107 Å². The molecular weight excluding hydrogens is 290 g/mol. The van der Waals surface area contributed by atoms with Gasteiger partial charge in [0.2, 0.25) is 0 Å². The first-order valence-electron chi connectivity index (χ1n) is 10.1. The van der Waals surface area contributed by atoms with E-state index in [0.717, 1.165) is 6.54 Å². The largest absolute Gasteiger partial charge is 0.296 e. The molecule has 24 heavy (non-hydrogen) atoms. The summed E-state index contributed by atoms with van der Waals surface area (Å²) in [6.45, 7) is 9.80. The number of hydrogen-bond donors (Lipinski definition) is 0. The fraction of sp³-hybridized carbons (Fsp3) is 0.652. The van der Waals surface area contributed by atoms with Crippen LogP contribution in [0.25, 0.3) is 0 Å². The van der Waals surface area contributed by atoms with Crippen molar-refractivity contribution in [2.75, 3.05) is 13.6 Å². The van der Waals surface area contributed by atoms with Gasteiger partial charge < -0.3 is 0 Å². The predicted molar refractivity (Wildman–Crippen MR) is 108 cm³/mol. The van der Waals surface area contributed by atoms with Gasteiger partial charge >= 0.3 is 0 Å². The molecule has 0 aromatic heterocycles. The van der Waals surface area contributed by atoms with Gasteiger partial charge in [-0.2, -0.15) is 0 Å². The zero-order valence-electron chi connectivity index (χ0n) is 16.4. The second-order valence-electron chi connectivity index (χ2n) is 7.32. The number of rotatable bonds is 14. The smallest absolute Gasteiger partial charge is 0.0553 e. The molecule has 0 fully saturated rings. The zero-order valence-corrected chi connectivity index (χ0v) is 16.4. The van der Waals surface area contributed by atoms with E-state index < -0.39 is 0 Å². The number of unbranched alkanes of at least 4 members (excludes halogenated alkanes) is 9. The van der Waals surface area contributed by atoms with Crippen LogP contribution in [-0.2, 0) is 0 Å². The topological polar surface area (TPSA) is 3.24 Å². The highest BCUT2D eigenvalue weighted by Gasteiger charge is 2.16. The first-order valence-corrected chi connectivity index (χ1v) is 10.1. The highest BCUT2D eigenvalue weighted by atomic mass is 15.1. The second kappa shape index (κ2) is 13.2. The van der Waals surface area contributed by atoms with Crippen molar-refractivity contribution in [3.63, 3.8) is 0 Å². The van der Waals surface area contributed by atoms with Gasteiger partial charge in [0, 0.05) is 0 Å². The summed E-state index contributed by atoms with van der Waals surface area (Å²) in [7, 11) is 2.24. The highest BCUT2D eigenvalue weighted by molar-refractivity contribution is 5.25. The quantitative estimate of drug-likeness (QED) is 0.258. The normalized spacial score (nSPS) is 12.5. The molecule has 1 aromatic carbocycles. The fourth-order valence-electron chi connectivity index (χ4n) is 3.53. The molecule has 136 valence electrons. The lowest BCUT2D eigenvalue weighted by Gasteiger charge is -2.29. The second-order valence-corrected chi connectivity index (χ2v) is 7.32. The van der Waals surface area contributed by atoms with Crippen molar-refractivity contribution in [2.45, 2.75) is 84.1 Å². The van der Waals surface area contributed by atoms with Crippen LogP contribution in [0.5, 0.6) is 0 Å². The lowest BCUT2D eigenvalue weighted by Crippen LogP contribution is -2.26. The van der Waals surface area contributed by atoms with Crippen molar-refractivity contribution >= 4 is 0 Å². The van der Waals surface area contributed by atoms with Crippen molar-refractivity contribution < 1.29 is 0 Å². The molecule has 1 rings (SSSR count). The third-order valence-corrected chi connectivity index (χ3v) is 4.89. The molecule has 0 saturated carbocycles. The van der Waals surface area contributed by atoms with Crippen LogP contribution in [0.15, 0.2) is 42.5 Å². The molecule has 0 heterocycles. The highest BCUT2D eigenvalue weighted by Crippen LogP contribution is 2.26. The van der Waals surface area contributed by atoms with Crippen LogP contribution >= 0.6 is 0 Å². The molecule has 1 atom stereocenters. The zero-order chi connectivity index (χ0) is 17.6. The molecule has 0 N–H and O–H groups in total. The lowest BCUT2D eigenvalue weighted by molar-refractivity contribution is 0.268. The SMILES string of the molecule is C=C(C)C(c1ccccc1)N(C)CCCCCCCCCCCC. The molecule has 1 unspecified atom stereocenters. The van der Waals surface area contributed by atoms with Crippen LogP contribution in [0, 0.1) is 0 Å². The van der Waals surface area contributed by atoms with Crippen LogP contribution in [0.2, 0.25) is 0 Å². The number of hydrogen-bond acceptors (Lipinski definition) is 1. The average molecular weight is 330 g/mol. The van der Waals surface area contributed by atoms with Gasteiger partial charge in [-0.3, -0.25) is 4.90 Å². The predicted octanol–water partition coefficient (Wildman–Crippen LogP) is 7.16. The molecule has 0 spiro atoms. The van der Waals surface area contributed by atoms with Gasteiger partial charge in [0.25, 0.3) is 0 Å². The summed E-state index contributed by atoms with van der Waals surface area (Å²) < 4.78 is 0.